The molecule has 0 heterocycles. The second-order valence-electron chi connectivity index (χ2n) is 11.8. The molecule has 0 radical (unpaired) electrons. The quantitative estimate of drug-likeness (QED) is 0.258. The van der Waals surface area contributed by atoms with Gasteiger partial charge in [-0.3, -0.25) is 4.79 Å². The minimum Gasteiger partial charge on any atom is -0.508 e. The third-order valence-electron chi connectivity index (χ3n) is 9.39. The molecule has 2 aromatic rings. The fourth-order valence-electron chi connectivity index (χ4n) is 7.54. The van der Waals surface area contributed by atoms with Gasteiger partial charge in [0.25, 0.3) is 0 Å². The summed E-state index contributed by atoms with van der Waals surface area (Å²) in [5.74, 6) is 1.68. The predicted octanol–water partition coefficient (Wildman–Crippen LogP) is 5.52. The van der Waals surface area contributed by atoms with Crippen molar-refractivity contribution in [2.75, 3.05) is 46.2 Å². The number of rotatable bonds is 16. The molecule has 41 heavy (non-hydrogen) atoms. The highest BCUT2D eigenvalue weighted by Gasteiger charge is 2.52. The van der Waals surface area contributed by atoms with Crippen molar-refractivity contribution in [1.82, 2.24) is 0 Å². The van der Waals surface area contributed by atoms with Crippen molar-refractivity contribution >= 4 is 5.78 Å². The second-order valence-corrected chi connectivity index (χ2v) is 11.8. The van der Waals surface area contributed by atoms with Crippen LogP contribution >= 0.6 is 0 Å². The molecule has 0 amide bonds. The van der Waals surface area contributed by atoms with Crippen molar-refractivity contribution in [2.24, 2.45) is 23.7 Å². The third-order valence-corrected chi connectivity index (χ3v) is 9.39. The molecule has 0 spiro atoms. The summed E-state index contributed by atoms with van der Waals surface area (Å²) in [5.41, 5.74) is 2.98. The first-order valence-electron chi connectivity index (χ1n) is 15.5. The largest absolute Gasteiger partial charge is 0.508 e. The van der Waals surface area contributed by atoms with Crippen LogP contribution in [0.1, 0.15) is 72.3 Å². The molecule has 5 rings (SSSR count). The monoisotopic (exact) mass is 566 g/mol. The SMILES string of the molecule is O=C1c2cc(O)ccc2C2CCC3C(O)CCC3C2C1CCCCOCCOCCOCCOCc1ccccc1. The van der Waals surface area contributed by atoms with E-state index in [1.165, 1.54) is 0 Å². The maximum Gasteiger partial charge on any atom is 0.166 e. The van der Waals surface area contributed by atoms with Crippen molar-refractivity contribution < 1.29 is 34.0 Å². The van der Waals surface area contributed by atoms with Crippen LogP contribution in [-0.2, 0) is 25.6 Å². The maximum absolute atomic E-state index is 13.7. The molecule has 224 valence electrons. The van der Waals surface area contributed by atoms with E-state index in [2.05, 4.69) is 0 Å². The van der Waals surface area contributed by atoms with Crippen LogP contribution in [-0.4, -0.2) is 68.3 Å². The molecular weight excluding hydrogens is 520 g/mol. The zero-order chi connectivity index (χ0) is 28.4. The Morgan fingerprint density at radius 1 is 0.732 bits per heavy atom. The lowest BCUT2D eigenvalue weighted by Gasteiger charge is -2.48. The van der Waals surface area contributed by atoms with Gasteiger partial charge in [-0.1, -0.05) is 42.8 Å². The van der Waals surface area contributed by atoms with Gasteiger partial charge < -0.3 is 29.2 Å². The van der Waals surface area contributed by atoms with Gasteiger partial charge in [-0.15, -0.1) is 0 Å². The van der Waals surface area contributed by atoms with Gasteiger partial charge in [0.15, 0.2) is 5.78 Å². The fourth-order valence-corrected chi connectivity index (χ4v) is 7.54. The van der Waals surface area contributed by atoms with Crippen LogP contribution in [0, 0.1) is 23.7 Å². The molecule has 7 heteroatoms. The number of hydrogen-bond acceptors (Lipinski definition) is 7. The van der Waals surface area contributed by atoms with E-state index < -0.39 is 0 Å². The molecular formula is C34H46O7. The summed E-state index contributed by atoms with van der Waals surface area (Å²) in [7, 11) is 0. The Bertz CT molecular complexity index is 1090. The van der Waals surface area contributed by atoms with Gasteiger partial charge in [-0.25, -0.2) is 0 Å². The van der Waals surface area contributed by atoms with Gasteiger partial charge in [-0.05, 0) is 85.5 Å². The summed E-state index contributed by atoms with van der Waals surface area (Å²) >= 11 is 0. The van der Waals surface area contributed by atoms with E-state index >= 15 is 0 Å². The van der Waals surface area contributed by atoms with E-state index in [4.69, 9.17) is 18.9 Å². The predicted molar refractivity (Wildman–Crippen MR) is 156 cm³/mol. The van der Waals surface area contributed by atoms with Crippen LogP contribution in [0.25, 0.3) is 0 Å². The zero-order valence-corrected chi connectivity index (χ0v) is 24.1. The van der Waals surface area contributed by atoms with Crippen LogP contribution in [0.5, 0.6) is 5.75 Å². The molecule has 2 fully saturated rings. The van der Waals surface area contributed by atoms with Crippen molar-refractivity contribution in [2.45, 2.75) is 63.6 Å². The second kappa shape index (κ2) is 15.3. The lowest BCUT2D eigenvalue weighted by molar-refractivity contribution is -0.00466. The average molecular weight is 567 g/mol. The molecule has 6 unspecified atom stereocenters. The number of aliphatic hydroxyl groups excluding tert-OH is 1. The molecule has 2 aromatic carbocycles. The summed E-state index contributed by atoms with van der Waals surface area (Å²) in [6, 6.07) is 15.4. The van der Waals surface area contributed by atoms with E-state index in [9.17, 15) is 15.0 Å². The smallest absolute Gasteiger partial charge is 0.166 e. The first-order chi connectivity index (χ1) is 20.1. The summed E-state index contributed by atoms with van der Waals surface area (Å²) in [6.45, 7) is 4.49. The third kappa shape index (κ3) is 7.76. The molecule has 2 N–H and O–H groups in total. The molecule has 3 aliphatic rings. The Morgan fingerprint density at radius 2 is 1.41 bits per heavy atom. The van der Waals surface area contributed by atoms with E-state index in [-0.39, 0.29) is 23.6 Å². The van der Waals surface area contributed by atoms with Crippen molar-refractivity contribution in [1.29, 1.82) is 0 Å². The van der Waals surface area contributed by atoms with Gasteiger partial charge in [0.2, 0.25) is 0 Å². The number of benzene rings is 2. The summed E-state index contributed by atoms with van der Waals surface area (Å²) in [5, 5.41) is 20.7. The normalized spacial score (nSPS) is 26.9. The van der Waals surface area contributed by atoms with Gasteiger partial charge >= 0.3 is 0 Å². The van der Waals surface area contributed by atoms with Crippen molar-refractivity contribution in [3.05, 3.63) is 65.2 Å². The number of ketones is 1. The number of Topliss-reactive ketones (excluding diaryl/α,β-unsaturated/α-hetero) is 1. The molecule has 3 aliphatic carbocycles. The molecule has 6 atom stereocenters. The number of phenols is 1. The van der Waals surface area contributed by atoms with E-state index in [0.717, 1.165) is 56.1 Å². The standard InChI is InChI=1S/C34H46O7/c35-25-9-10-26-28-12-11-27-29(13-14-32(27)36)33(28)30(34(37)31(26)22-25)8-4-5-15-38-16-17-39-18-19-40-20-21-41-23-24-6-2-1-3-7-24/h1-3,6-7,9-10,22,27-30,32-33,35-36H,4-5,8,11-21,23H2. The Balaban J connectivity index is 0.954. The van der Waals surface area contributed by atoms with E-state index in [1.54, 1.807) is 12.1 Å². The zero-order valence-electron chi connectivity index (χ0n) is 24.1. The summed E-state index contributed by atoms with van der Waals surface area (Å²) < 4.78 is 22.5. The number of aliphatic hydroxyl groups is 1. The topological polar surface area (TPSA) is 94.5 Å². The minimum absolute atomic E-state index is 0.0422. The average Bonchev–Trinajstić information content (AvgIpc) is 3.37. The number of carbonyl (C=O) groups is 1. The highest BCUT2D eigenvalue weighted by atomic mass is 16.6. The van der Waals surface area contributed by atoms with E-state index in [1.807, 2.05) is 36.4 Å². The Hall–Kier alpha value is -2.29. The molecule has 0 aromatic heterocycles. The Kier molecular flexibility index (Phi) is 11.2. The van der Waals surface area contributed by atoms with Gasteiger partial charge in [0.1, 0.15) is 5.75 Å². The minimum atomic E-state index is -0.223. The number of carbonyl (C=O) groups excluding carboxylic acids is 1. The Labute approximate surface area is 244 Å². The Morgan fingerprint density at radius 3 is 2.17 bits per heavy atom. The maximum atomic E-state index is 13.7. The summed E-state index contributed by atoms with van der Waals surface area (Å²) in [4.78, 5) is 13.7. The number of hydrogen-bond donors (Lipinski definition) is 2. The molecule has 2 saturated carbocycles. The highest BCUT2D eigenvalue weighted by molar-refractivity contribution is 6.01. The highest BCUT2D eigenvalue weighted by Crippen LogP contribution is 2.57. The van der Waals surface area contributed by atoms with Crippen LogP contribution in [0.4, 0.5) is 0 Å². The molecule has 0 saturated heterocycles. The van der Waals surface area contributed by atoms with E-state index in [0.29, 0.717) is 82.1 Å². The first kappa shape index (κ1) is 30.2. The number of unbranched alkanes of at least 4 members (excludes halogenated alkanes) is 1. The van der Waals surface area contributed by atoms with Gasteiger partial charge in [0.05, 0.1) is 52.4 Å². The van der Waals surface area contributed by atoms with Gasteiger partial charge in [0, 0.05) is 18.1 Å². The lowest BCUT2D eigenvalue weighted by Crippen LogP contribution is -2.44. The van der Waals surface area contributed by atoms with Gasteiger partial charge in [-0.2, -0.15) is 0 Å². The van der Waals surface area contributed by atoms with Crippen LogP contribution in [0.3, 0.4) is 0 Å². The fraction of sp³-hybridized carbons (Fsp3) is 0.618. The molecule has 7 nitrogen and oxygen atoms in total. The summed E-state index contributed by atoms with van der Waals surface area (Å²) in [6.07, 6.45) is 6.35. The molecule has 0 bridgehead atoms. The number of aromatic hydroxyl groups is 1. The van der Waals surface area contributed by atoms with Crippen LogP contribution in [0.2, 0.25) is 0 Å². The van der Waals surface area contributed by atoms with Crippen LogP contribution in [0.15, 0.2) is 48.5 Å². The van der Waals surface area contributed by atoms with Crippen molar-refractivity contribution in [3.63, 3.8) is 0 Å². The van der Waals surface area contributed by atoms with Crippen molar-refractivity contribution in [3.8, 4) is 5.75 Å². The van der Waals surface area contributed by atoms with Crippen LogP contribution < -0.4 is 0 Å². The number of fused-ring (bicyclic) bond motifs is 5. The number of phenolic OH excluding ortho intramolecular Hbond substituents is 1. The first-order valence-corrected chi connectivity index (χ1v) is 15.5. The number of ether oxygens (including phenoxy) is 4. The molecule has 0 aliphatic heterocycles. The lowest BCUT2D eigenvalue weighted by atomic mass is 9.56.